The Balaban J connectivity index is 2.08. The topological polar surface area (TPSA) is 89.5 Å². The van der Waals surface area contributed by atoms with Gasteiger partial charge in [0.25, 0.3) is 5.91 Å². The van der Waals surface area contributed by atoms with Gasteiger partial charge in [-0.1, -0.05) is 29.3 Å². The average molecular weight is 416 g/mol. The number of nitrogens with one attached hydrogen (secondary N) is 1. The molecule has 1 amide bonds. The second-order valence-electron chi connectivity index (χ2n) is 5.46. The first-order valence-corrected chi connectivity index (χ1v) is 9.99. The summed E-state index contributed by atoms with van der Waals surface area (Å²) in [4.78, 5) is 24.3. The highest BCUT2D eigenvalue weighted by Crippen LogP contribution is 2.25. The molecule has 0 bridgehead atoms. The van der Waals surface area contributed by atoms with Crippen molar-refractivity contribution in [2.24, 2.45) is 0 Å². The van der Waals surface area contributed by atoms with Crippen LogP contribution in [-0.4, -0.2) is 32.7 Å². The van der Waals surface area contributed by atoms with E-state index >= 15 is 0 Å². The summed E-state index contributed by atoms with van der Waals surface area (Å²) >= 11 is 11.8. The van der Waals surface area contributed by atoms with E-state index in [-0.39, 0.29) is 15.5 Å². The van der Waals surface area contributed by atoms with Gasteiger partial charge in [0.2, 0.25) is 0 Å². The Morgan fingerprint density at radius 1 is 1.12 bits per heavy atom. The predicted molar refractivity (Wildman–Crippen MR) is 99.5 cm³/mol. The minimum atomic E-state index is -3.47. The number of halogens is 2. The third kappa shape index (κ3) is 5.20. The van der Waals surface area contributed by atoms with Gasteiger partial charge in [-0.05, 0) is 43.3 Å². The van der Waals surface area contributed by atoms with Gasteiger partial charge in [0.15, 0.2) is 15.9 Å². The number of carbonyl (C=O) groups excluding carboxylic acids is 2. The molecule has 0 fully saturated rings. The van der Waals surface area contributed by atoms with Gasteiger partial charge in [-0.3, -0.25) is 4.79 Å². The van der Waals surface area contributed by atoms with Gasteiger partial charge in [-0.25, -0.2) is 13.2 Å². The van der Waals surface area contributed by atoms with Crippen LogP contribution in [0.3, 0.4) is 0 Å². The fraction of sp³-hybridized carbons (Fsp3) is 0.176. The van der Waals surface area contributed by atoms with Crippen LogP contribution in [0.15, 0.2) is 47.4 Å². The van der Waals surface area contributed by atoms with E-state index < -0.39 is 27.8 Å². The summed E-state index contributed by atoms with van der Waals surface area (Å²) in [5.41, 5.74) is 0.347. The van der Waals surface area contributed by atoms with Gasteiger partial charge in [-0.15, -0.1) is 0 Å². The smallest absolute Gasteiger partial charge is 0.338 e. The van der Waals surface area contributed by atoms with Crippen molar-refractivity contribution in [3.05, 3.63) is 58.1 Å². The summed E-state index contributed by atoms with van der Waals surface area (Å²) < 4.78 is 28.2. The molecule has 2 rings (SSSR count). The third-order valence-electron chi connectivity index (χ3n) is 3.34. The van der Waals surface area contributed by atoms with Gasteiger partial charge in [0.1, 0.15) is 0 Å². The Kier molecular flexibility index (Phi) is 6.28. The van der Waals surface area contributed by atoms with Gasteiger partial charge in [0, 0.05) is 11.3 Å². The first kappa shape index (κ1) is 20.2. The van der Waals surface area contributed by atoms with E-state index in [2.05, 4.69) is 5.32 Å². The van der Waals surface area contributed by atoms with Crippen molar-refractivity contribution in [2.75, 3.05) is 11.6 Å². The SMILES string of the molecule is C[C@H](OC(=O)c1cccc(S(C)(=O)=O)c1)C(=O)Nc1ccc(Cl)cc1Cl. The summed E-state index contributed by atoms with van der Waals surface area (Å²) in [6.45, 7) is 1.39. The zero-order valence-electron chi connectivity index (χ0n) is 13.8. The quantitative estimate of drug-likeness (QED) is 0.753. The maximum absolute atomic E-state index is 12.2. The number of rotatable bonds is 5. The minimum absolute atomic E-state index is 0.0167. The van der Waals surface area contributed by atoms with Crippen molar-refractivity contribution in [1.82, 2.24) is 0 Å². The molecule has 0 aliphatic rings. The second-order valence-corrected chi connectivity index (χ2v) is 8.32. The highest BCUT2D eigenvalue weighted by atomic mass is 35.5. The van der Waals surface area contributed by atoms with Crippen LogP contribution >= 0.6 is 23.2 Å². The fourth-order valence-corrected chi connectivity index (χ4v) is 3.08. The van der Waals surface area contributed by atoms with Crippen LogP contribution in [0.4, 0.5) is 5.69 Å². The molecule has 26 heavy (non-hydrogen) atoms. The first-order chi connectivity index (χ1) is 12.1. The van der Waals surface area contributed by atoms with Crippen LogP contribution in [0.1, 0.15) is 17.3 Å². The van der Waals surface area contributed by atoms with E-state index in [0.29, 0.717) is 10.7 Å². The molecule has 0 aliphatic heterocycles. The second kappa shape index (κ2) is 8.07. The van der Waals surface area contributed by atoms with Crippen molar-refractivity contribution in [2.45, 2.75) is 17.9 Å². The highest BCUT2D eigenvalue weighted by Gasteiger charge is 2.21. The van der Waals surface area contributed by atoms with Crippen molar-refractivity contribution in [3.63, 3.8) is 0 Å². The van der Waals surface area contributed by atoms with Gasteiger partial charge < -0.3 is 10.1 Å². The molecule has 2 aromatic carbocycles. The number of anilines is 1. The Morgan fingerprint density at radius 3 is 2.42 bits per heavy atom. The monoisotopic (exact) mass is 415 g/mol. The molecule has 0 heterocycles. The third-order valence-corrected chi connectivity index (χ3v) is 5.00. The van der Waals surface area contributed by atoms with Crippen LogP contribution in [-0.2, 0) is 19.4 Å². The largest absolute Gasteiger partial charge is 0.449 e. The Labute approximate surface area is 161 Å². The van der Waals surface area contributed by atoms with Crippen molar-refractivity contribution in [1.29, 1.82) is 0 Å². The number of benzene rings is 2. The van der Waals surface area contributed by atoms with Crippen molar-refractivity contribution >= 4 is 50.6 Å². The molecule has 0 unspecified atom stereocenters. The Bertz CT molecular complexity index is 959. The number of carbonyl (C=O) groups is 2. The number of amides is 1. The minimum Gasteiger partial charge on any atom is -0.449 e. The molecule has 2 aromatic rings. The van der Waals surface area contributed by atoms with Crippen LogP contribution in [0, 0.1) is 0 Å². The molecule has 0 aliphatic carbocycles. The van der Waals surface area contributed by atoms with Gasteiger partial charge in [-0.2, -0.15) is 0 Å². The summed E-state index contributed by atoms with van der Waals surface area (Å²) in [6.07, 6.45) is -0.0975. The average Bonchev–Trinajstić information content (AvgIpc) is 2.56. The standard InChI is InChI=1S/C17H15Cl2NO5S/c1-10(16(21)20-15-7-6-12(18)9-14(15)19)25-17(22)11-4-3-5-13(8-11)26(2,23)24/h3-10H,1-2H3,(H,20,21)/t10-/m0/s1. The number of sulfone groups is 1. The molecule has 0 radical (unpaired) electrons. The summed E-state index contributed by atoms with van der Waals surface area (Å²) in [5, 5.41) is 3.18. The highest BCUT2D eigenvalue weighted by molar-refractivity contribution is 7.90. The first-order valence-electron chi connectivity index (χ1n) is 7.35. The fourth-order valence-electron chi connectivity index (χ4n) is 1.96. The summed E-state index contributed by atoms with van der Waals surface area (Å²) in [6, 6.07) is 9.92. The van der Waals surface area contributed by atoms with Gasteiger partial charge in [0.05, 0.1) is 21.2 Å². The zero-order valence-corrected chi connectivity index (χ0v) is 16.2. The summed E-state index contributed by atoms with van der Waals surface area (Å²) in [7, 11) is -3.47. The molecule has 0 saturated heterocycles. The van der Waals surface area contributed by atoms with E-state index in [0.717, 1.165) is 6.26 Å². The van der Waals surface area contributed by atoms with E-state index in [1.165, 1.54) is 43.3 Å². The maximum atomic E-state index is 12.2. The molecule has 1 N–H and O–H groups in total. The maximum Gasteiger partial charge on any atom is 0.338 e. The van der Waals surface area contributed by atoms with Crippen molar-refractivity contribution in [3.8, 4) is 0 Å². The van der Waals surface area contributed by atoms with E-state index in [1.807, 2.05) is 0 Å². The van der Waals surface area contributed by atoms with Gasteiger partial charge >= 0.3 is 5.97 Å². The lowest BCUT2D eigenvalue weighted by atomic mass is 10.2. The predicted octanol–water partition coefficient (Wildman–Crippen LogP) is 3.58. The molecule has 9 heteroatoms. The molecule has 0 saturated carbocycles. The molecular weight excluding hydrogens is 401 g/mol. The summed E-state index contributed by atoms with van der Waals surface area (Å²) in [5.74, 6) is -1.41. The number of hydrogen-bond acceptors (Lipinski definition) is 5. The van der Waals surface area contributed by atoms with Crippen LogP contribution < -0.4 is 5.32 Å². The van der Waals surface area contributed by atoms with Crippen LogP contribution in [0.2, 0.25) is 10.0 Å². The molecule has 0 spiro atoms. The Morgan fingerprint density at radius 2 is 1.81 bits per heavy atom. The lowest BCUT2D eigenvalue weighted by molar-refractivity contribution is -0.123. The van der Waals surface area contributed by atoms with E-state index in [4.69, 9.17) is 27.9 Å². The number of ether oxygens (including phenoxy) is 1. The van der Waals surface area contributed by atoms with Crippen LogP contribution in [0.25, 0.3) is 0 Å². The molecule has 0 aromatic heterocycles. The lowest BCUT2D eigenvalue weighted by Gasteiger charge is -2.14. The number of esters is 1. The lowest BCUT2D eigenvalue weighted by Crippen LogP contribution is -2.30. The molecule has 6 nitrogen and oxygen atoms in total. The Hall–Kier alpha value is -2.09. The zero-order chi connectivity index (χ0) is 19.5. The van der Waals surface area contributed by atoms with E-state index in [9.17, 15) is 18.0 Å². The van der Waals surface area contributed by atoms with E-state index in [1.54, 1.807) is 6.07 Å². The van der Waals surface area contributed by atoms with Crippen LogP contribution in [0.5, 0.6) is 0 Å². The number of hydrogen-bond donors (Lipinski definition) is 1. The normalized spacial score (nSPS) is 12.3. The van der Waals surface area contributed by atoms with Crippen molar-refractivity contribution < 1.29 is 22.7 Å². The molecule has 138 valence electrons. The molecule has 1 atom stereocenters. The molecular formula is C17H15Cl2NO5S.